The number of nitrogens with one attached hydrogen (secondary N) is 1. The molecule has 1 aromatic rings. The zero-order valence-corrected chi connectivity index (χ0v) is 9.91. The molecule has 3 heteroatoms. The lowest BCUT2D eigenvalue weighted by molar-refractivity contribution is -0.116. The van der Waals surface area contributed by atoms with Crippen molar-refractivity contribution in [1.29, 1.82) is 0 Å². The van der Waals surface area contributed by atoms with Crippen LogP contribution in [-0.2, 0) is 4.79 Å². The zero-order chi connectivity index (χ0) is 10.6. The maximum Gasteiger partial charge on any atom is 0.238 e. The second-order valence-corrected chi connectivity index (χ2v) is 4.49. The number of benzene rings is 1. The predicted octanol–water partition coefficient (Wildman–Crippen LogP) is 3.04. The number of halogens is 1. The molecule has 0 aliphatic heterocycles. The summed E-state index contributed by atoms with van der Waals surface area (Å²) < 4.78 is 0. The summed E-state index contributed by atoms with van der Waals surface area (Å²) in [6.45, 7) is 4.01. The van der Waals surface area contributed by atoms with Crippen molar-refractivity contribution in [2.24, 2.45) is 5.92 Å². The van der Waals surface area contributed by atoms with E-state index >= 15 is 0 Å². The fourth-order valence-electron chi connectivity index (χ4n) is 1.04. The molecule has 0 unspecified atom stereocenters. The topological polar surface area (TPSA) is 29.1 Å². The summed E-state index contributed by atoms with van der Waals surface area (Å²) in [6.07, 6.45) is 0. The molecule has 0 fully saturated rings. The van der Waals surface area contributed by atoms with E-state index < -0.39 is 0 Å². The minimum atomic E-state index is -0.136. The van der Waals surface area contributed by atoms with Crippen LogP contribution in [0.15, 0.2) is 30.3 Å². The van der Waals surface area contributed by atoms with Gasteiger partial charge in [-0.25, -0.2) is 0 Å². The molecule has 0 bridgehead atoms. The van der Waals surface area contributed by atoms with Gasteiger partial charge in [0.2, 0.25) is 5.91 Å². The molecule has 0 saturated heterocycles. The minimum Gasteiger partial charge on any atom is -0.325 e. The molecule has 0 radical (unpaired) electrons. The minimum absolute atomic E-state index is 0.00574. The normalized spacial score (nSPS) is 12.6. The number of rotatable bonds is 3. The van der Waals surface area contributed by atoms with E-state index in [1.807, 2.05) is 44.2 Å². The lowest BCUT2D eigenvalue weighted by atomic mass is 10.1. The van der Waals surface area contributed by atoms with Crippen LogP contribution in [0.5, 0.6) is 0 Å². The second kappa shape index (κ2) is 5.15. The van der Waals surface area contributed by atoms with E-state index in [4.69, 9.17) is 0 Å². The molecule has 0 aliphatic carbocycles. The molecule has 0 aliphatic rings. The van der Waals surface area contributed by atoms with Crippen LogP contribution in [0.1, 0.15) is 13.8 Å². The molecule has 0 saturated carbocycles. The molecular weight excluding hydrogens is 242 g/mol. The first-order valence-corrected chi connectivity index (χ1v) is 5.53. The van der Waals surface area contributed by atoms with Gasteiger partial charge in [0.15, 0.2) is 0 Å². The van der Waals surface area contributed by atoms with Crippen LogP contribution >= 0.6 is 15.9 Å². The maximum absolute atomic E-state index is 11.6. The van der Waals surface area contributed by atoms with Crippen LogP contribution in [0.25, 0.3) is 0 Å². The number of hydrogen-bond donors (Lipinski definition) is 1. The van der Waals surface area contributed by atoms with Crippen molar-refractivity contribution in [2.45, 2.75) is 18.7 Å². The van der Waals surface area contributed by atoms with Crippen molar-refractivity contribution < 1.29 is 4.79 Å². The molecule has 1 N–H and O–H groups in total. The highest BCUT2D eigenvalue weighted by atomic mass is 79.9. The largest absolute Gasteiger partial charge is 0.325 e. The predicted molar refractivity (Wildman–Crippen MR) is 62.6 cm³/mol. The Morgan fingerprint density at radius 2 is 1.86 bits per heavy atom. The summed E-state index contributed by atoms with van der Waals surface area (Å²) in [4.78, 5) is 11.5. The summed E-state index contributed by atoms with van der Waals surface area (Å²) >= 11 is 3.35. The van der Waals surface area contributed by atoms with Gasteiger partial charge in [0.25, 0.3) is 0 Å². The molecule has 1 rings (SSSR count). The number of carbonyl (C=O) groups excluding carboxylic acids is 1. The Bertz CT molecular complexity index is 297. The summed E-state index contributed by atoms with van der Waals surface area (Å²) in [5, 5.41) is 2.84. The first kappa shape index (κ1) is 11.2. The van der Waals surface area contributed by atoms with Crippen molar-refractivity contribution in [1.82, 2.24) is 0 Å². The van der Waals surface area contributed by atoms with E-state index in [1.54, 1.807) is 0 Å². The van der Waals surface area contributed by atoms with Gasteiger partial charge in [-0.15, -0.1) is 0 Å². The van der Waals surface area contributed by atoms with Crippen molar-refractivity contribution >= 4 is 27.5 Å². The van der Waals surface area contributed by atoms with Crippen LogP contribution < -0.4 is 5.32 Å². The molecule has 1 amide bonds. The van der Waals surface area contributed by atoms with E-state index in [1.165, 1.54) is 0 Å². The first-order valence-electron chi connectivity index (χ1n) is 4.61. The Labute approximate surface area is 92.8 Å². The third kappa shape index (κ3) is 3.14. The number of hydrogen-bond acceptors (Lipinski definition) is 1. The van der Waals surface area contributed by atoms with Crippen LogP contribution in [0.2, 0.25) is 0 Å². The Kier molecular flexibility index (Phi) is 4.14. The second-order valence-electron chi connectivity index (χ2n) is 3.50. The number of carbonyl (C=O) groups is 1. The van der Waals surface area contributed by atoms with Gasteiger partial charge in [0.1, 0.15) is 0 Å². The number of amides is 1. The molecule has 0 heterocycles. The number of anilines is 1. The van der Waals surface area contributed by atoms with Crippen molar-refractivity contribution in [3.05, 3.63) is 30.3 Å². The van der Waals surface area contributed by atoms with Crippen molar-refractivity contribution in [3.63, 3.8) is 0 Å². The Morgan fingerprint density at radius 3 is 2.36 bits per heavy atom. The fraction of sp³-hybridized carbons (Fsp3) is 0.364. The Morgan fingerprint density at radius 1 is 1.29 bits per heavy atom. The van der Waals surface area contributed by atoms with E-state index in [0.29, 0.717) is 5.92 Å². The Hall–Kier alpha value is -0.830. The standard InChI is InChI=1S/C11H14BrNO/c1-8(2)10(12)11(14)13-9-6-4-3-5-7-9/h3-8,10H,1-2H3,(H,13,14)/t10-/m1/s1. The fourth-order valence-corrected chi connectivity index (χ4v) is 1.15. The molecule has 76 valence electrons. The van der Waals surface area contributed by atoms with E-state index in [9.17, 15) is 4.79 Å². The van der Waals surface area contributed by atoms with Gasteiger partial charge >= 0.3 is 0 Å². The van der Waals surface area contributed by atoms with Gasteiger partial charge < -0.3 is 5.32 Å². The van der Waals surface area contributed by atoms with Gasteiger partial charge in [-0.05, 0) is 18.1 Å². The summed E-state index contributed by atoms with van der Waals surface area (Å²) in [6, 6.07) is 9.46. The molecule has 2 nitrogen and oxygen atoms in total. The molecule has 0 spiro atoms. The van der Waals surface area contributed by atoms with Gasteiger partial charge in [0, 0.05) is 5.69 Å². The third-order valence-corrected chi connectivity index (χ3v) is 3.35. The molecule has 0 aromatic heterocycles. The van der Waals surface area contributed by atoms with Crippen LogP contribution in [0, 0.1) is 5.92 Å². The monoisotopic (exact) mass is 255 g/mol. The molecular formula is C11H14BrNO. The summed E-state index contributed by atoms with van der Waals surface area (Å²) in [5.41, 5.74) is 0.836. The van der Waals surface area contributed by atoms with E-state index in [0.717, 1.165) is 5.69 Å². The highest BCUT2D eigenvalue weighted by Crippen LogP contribution is 2.15. The molecule has 1 atom stereocenters. The molecule has 14 heavy (non-hydrogen) atoms. The third-order valence-electron chi connectivity index (χ3n) is 1.88. The SMILES string of the molecule is CC(C)[C@@H](Br)C(=O)Nc1ccccc1. The quantitative estimate of drug-likeness (QED) is 0.827. The van der Waals surface area contributed by atoms with Gasteiger partial charge in [-0.3, -0.25) is 4.79 Å². The van der Waals surface area contributed by atoms with Crippen LogP contribution in [-0.4, -0.2) is 10.7 Å². The van der Waals surface area contributed by atoms with E-state index in [2.05, 4.69) is 21.2 Å². The van der Waals surface area contributed by atoms with Crippen LogP contribution in [0.4, 0.5) is 5.69 Å². The Balaban J connectivity index is 2.58. The molecule has 1 aromatic carbocycles. The van der Waals surface area contributed by atoms with Crippen molar-refractivity contribution in [2.75, 3.05) is 5.32 Å². The number of para-hydroxylation sites is 1. The maximum atomic E-state index is 11.6. The number of alkyl halides is 1. The highest BCUT2D eigenvalue weighted by Gasteiger charge is 2.18. The smallest absolute Gasteiger partial charge is 0.238 e. The van der Waals surface area contributed by atoms with Gasteiger partial charge in [0.05, 0.1) is 4.83 Å². The highest BCUT2D eigenvalue weighted by molar-refractivity contribution is 9.10. The first-order chi connectivity index (χ1) is 6.61. The lowest BCUT2D eigenvalue weighted by Crippen LogP contribution is -2.26. The van der Waals surface area contributed by atoms with Crippen molar-refractivity contribution in [3.8, 4) is 0 Å². The van der Waals surface area contributed by atoms with Crippen LogP contribution in [0.3, 0.4) is 0 Å². The summed E-state index contributed by atoms with van der Waals surface area (Å²) in [7, 11) is 0. The van der Waals surface area contributed by atoms with Gasteiger partial charge in [-0.1, -0.05) is 48.0 Å². The summed E-state index contributed by atoms with van der Waals surface area (Å²) in [5.74, 6) is 0.296. The zero-order valence-electron chi connectivity index (χ0n) is 8.33. The average molecular weight is 256 g/mol. The average Bonchev–Trinajstić information content (AvgIpc) is 2.18. The lowest BCUT2D eigenvalue weighted by Gasteiger charge is -2.13. The van der Waals surface area contributed by atoms with E-state index in [-0.39, 0.29) is 10.7 Å². The van der Waals surface area contributed by atoms with Gasteiger partial charge in [-0.2, -0.15) is 0 Å².